The molecule has 1 heterocycles. The van der Waals surface area contributed by atoms with Crippen LogP contribution in [0.25, 0.3) is 6.08 Å². The molecule has 138 valence electrons. The standard InChI is InChI=1S/C21H19BrN2O3/c1-24-19(10-11-23-24)20(25)8-6-15-7-9-21(26-2)16(12-15)14-27-18-5-3-4-17(22)13-18/h3-13H,14H2,1-2H3/b8-6+. The lowest BCUT2D eigenvalue weighted by Gasteiger charge is -2.11. The van der Waals surface area contributed by atoms with Gasteiger partial charge in [0.15, 0.2) is 0 Å². The average Bonchev–Trinajstić information content (AvgIpc) is 3.10. The molecule has 3 aromatic rings. The van der Waals surface area contributed by atoms with Crippen molar-refractivity contribution < 1.29 is 14.3 Å². The van der Waals surface area contributed by atoms with E-state index in [0.29, 0.717) is 12.3 Å². The van der Waals surface area contributed by atoms with Gasteiger partial charge in [0.2, 0.25) is 5.78 Å². The van der Waals surface area contributed by atoms with E-state index in [4.69, 9.17) is 9.47 Å². The van der Waals surface area contributed by atoms with Crippen molar-refractivity contribution in [2.45, 2.75) is 6.61 Å². The van der Waals surface area contributed by atoms with Gasteiger partial charge in [-0.1, -0.05) is 34.1 Å². The zero-order valence-electron chi connectivity index (χ0n) is 15.1. The van der Waals surface area contributed by atoms with E-state index < -0.39 is 0 Å². The molecule has 0 N–H and O–H groups in total. The third-order valence-electron chi connectivity index (χ3n) is 4.00. The quantitative estimate of drug-likeness (QED) is 0.406. The number of ether oxygens (including phenoxy) is 2. The number of rotatable bonds is 7. The number of hydrogen-bond donors (Lipinski definition) is 0. The van der Waals surface area contributed by atoms with Crippen molar-refractivity contribution in [3.63, 3.8) is 0 Å². The smallest absolute Gasteiger partial charge is 0.203 e. The number of carbonyl (C=O) groups is 1. The van der Waals surface area contributed by atoms with Gasteiger partial charge in [-0.25, -0.2) is 0 Å². The summed E-state index contributed by atoms with van der Waals surface area (Å²) >= 11 is 3.43. The van der Waals surface area contributed by atoms with Crippen molar-refractivity contribution in [2.75, 3.05) is 7.11 Å². The molecule has 0 saturated carbocycles. The second kappa shape index (κ2) is 8.68. The van der Waals surface area contributed by atoms with Crippen LogP contribution in [-0.2, 0) is 13.7 Å². The van der Waals surface area contributed by atoms with Crippen LogP contribution in [0.5, 0.6) is 11.5 Å². The summed E-state index contributed by atoms with van der Waals surface area (Å²) in [4.78, 5) is 12.2. The van der Waals surface area contributed by atoms with E-state index in [1.807, 2.05) is 42.5 Å². The summed E-state index contributed by atoms with van der Waals surface area (Å²) in [6, 6.07) is 15.1. The minimum atomic E-state index is -0.0993. The number of methoxy groups -OCH3 is 1. The van der Waals surface area contributed by atoms with Gasteiger partial charge in [-0.15, -0.1) is 0 Å². The Hall–Kier alpha value is -2.86. The van der Waals surface area contributed by atoms with E-state index in [2.05, 4.69) is 21.0 Å². The van der Waals surface area contributed by atoms with Crippen LogP contribution >= 0.6 is 15.9 Å². The van der Waals surface area contributed by atoms with Crippen molar-refractivity contribution in [1.82, 2.24) is 9.78 Å². The van der Waals surface area contributed by atoms with Gasteiger partial charge in [-0.3, -0.25) is 9.48 Å². The number of benzene rings is 2. The Labute approximate surface area is 166 Å². The minimum absolute atomic E-state index is 0.0993. The van der Waals surface area contributed by atoms with Crippen LogP contribution in [0.1, 0.15) is 21.6 Å². The maximum Gasteiger partial charge on any atom is 0.203 e. The Balaban J connectivity index is 1.75. The highest BCUT2D eigenvalue weighted by Gasteiger charge is 2.08. The van der Waals surface area contributed by atoms with Crippen molar-refractivity contribution in [1.29, 1.82) is 0 Å². The van der Waals surface area contributed by atoms with Crippen molar-refractivity contribution >= 4 is 27.8 Å². The first-order valence-electron chi connectivity index (χ1n) is 8.32. The van der Waals surface area contributed by atoms with E-state index in [9.17, 15) is 4.79 Å². The summed E-state index contributed by atoms with van der Waals surface area (Å²) in [5.74, 6) is 1.40. The van der Waals surface area contributed by atoms with Gasteiger partial charge in [-0.2, -0.15) is 5.10 Å². The molecule has 6 heteroatoms. The number of hydrogen-bond acceptors (Lipinski definition) is 4. The van der Waals surface area contributed by atoms with Crippen LogP contribution < -0.4 is 9.47 Å². The van der Waals surface area contributed by atoms with Gasteiger partial charge in [-0.05, 0) is 48.0 Å². The second-order valence-electron chi connectivity index (χ2n) is 5.85. The summed E-state index contributed by atoms with van der Waals surface area (Å²) in [5, 5.41) is 4.01. The monoisotopic (exact) mass is 426 g/mol. The van der Waals surface area contributed by atoms with Crippen LogP contribution in [-0.4, -0.2) is 22.7 Å². The Bertz CT molecular complexity index is 979. The third kappa shape index (κ3) is 4.86. The zero-order valence-corrected chi connectivity index (χ0v) is 16.6. The van der Waals surface area contributed by atoms with Crippen LogP contribution in [0, 0.1) is 0 Å². The Morgan fingerprint density at radius 1 is 1.22 bits per heavy atom. The lowest BCUT2D eigenvalue weighted by molar-refractivity contribution is 0.103. The molecule has 0 fully saturated rings. The molecule has 0 amide bonds. The molecule has 3 rings (SSSR count). The number of aryl methyl sites for hydroxylation is 1. The molecule has 0 aliphatic rings. The first-order valence-corrected chi connectivity index (χ1v) is 9.12. The number of ketones is 1. The fourth-order valence-electron chi connectivity index (χ4n) is 2.61. The van der Waals surface area contributed by atoms with Crippen LogP contribution in [0.15, 0.2) is 65.3 Å². The first kappa shape index (κ1) is 18.9. The number of aromatic nitrogens is 2. The van der Waals surface area contributed by atoms with Crippen molar-refractivity contribution in [2.24, 2.45) is 7.05 Å². The van der Waals surface area contributed by atoms with Crippen LogP contribution in [0.2, 0.25) is 0 Å². The highest BCUT2D eigenvalue weighted by atomic mass is 79.9. The van der Waals surface area contributed by atoms with Crippen LogP contribution in [0.4, 0.5) is 0 Å². The number of allylic oxidation sites excluding steroid dienone is 1. The Kier molecular flexibility index (Phi) is 6.08. The molecule has 0 spiro atoms. The summed E-state index contributed by atoms with van der Waals surface area (Å²) in [6.45, 7) is 0.358. The molecule has 2 aromatic carbocycles. The van der Waals surface area contributed by atoms with Crippen LogP contribution in [0.3, 0.4) is 0 Å². The first-order chi connectivity index (χ1) is 13.1. The summed E-state index contributed by atoms with van der Waals surface area (Å²) < 4.78 is 13.8. The van der Waals surface area contributed by atoms with Gasteiger partial charge in [0.25, 0.3) is 0 Å². The van der Waals surface area contributed by atoms with E-state index >= 15 is 0 Å². The lowest BCUT2D eigenvalue weighted by atomic mass is 10.1. The molecule has 0 aliphatic heterocycles. The lowest BCUT2D eigenvalue weighted by Crippen LogP contribution is -2.03. The maximum atomic E-state index is 12.2. The molecule has 5 nitrogen and oxygen atoms in total. The number of nitrogens with zero attached hydrogens (tertiary/aromatic N) is 2. The van der Waals surface area contributed by atoms with Gasteiger partial charge in [0, 0.05) is 23.3 Å². The molecule has 0 bridgehead atoms. The highest BCUT2D eigenvalue weighted by Crippen LogP contribution is 2.24. The predicted octanol–water partition coefficient (Wildman–Crippen LogP) is 4.67. The zero-order chi connectivity index (χ0) is 19.2. The van der Waals surface area contributed by atoms with Crippen molar-refractivity contribution in [3.05, 3.63) is 82.1 Å². The Morgan fingerprint density at radius 2 is 2.07 bits per heavy atom. The topological polar surface area (TPSA) is 53.3 Å². The highest BCUT2D eigenvalue weighted by molar-refractivity contribution is 9.10. The molecular weight excluding hydrogens is 408 g/mol. The van der Waals surface area contributed by atoms with E-state index in [-0.39, 0.29) is 5.78 Å². The molecule has 0 unspecified atom stereocenters. The molecule has 0 atom stereocenters. The molecule has 27 heavy (non-hydrogen) atoms. The SMILES string of the molecule is COc1ccc(/C=C/C(=O)c2ccnn2C)cc1COc1cccc(Br)c1. The van der Waals surface area contributed by atoms with E-state index in [0.717, 1.165) is 27.1 Å². The van der Waals surface area contributed by atoms with Gasteiger partial charge in [0.1, 0.15) is 23.8 Å². The fraction of sp³-hybridized carbons (Fsp3) is 0.143. The Morgan fingerprint density at radius 3 is 2.78 bits per heavy atom. The summed E-state index contributed by atoms with van der Waals surface area (Å²) in [6.07, 6.45) is 4.92. The number of halogens is 1. The molecule has 0 aliphatic carbocycles. The molecule has 0 radical (unpaired) electrons. The molecule has 1 aromatic heterocycles. The summed E-state index contributed by atoms with van der Waals surface area (Å²) in [7, 11) is 3.37. The van der Waals surface area contributed by atoms with Crippen molar-refractivity contribution in [3.8, 4) is 11.5 Å². The van der Waals surface area contributed by atoms with Gasteiger partial charge < -0.3 is 9.47 Å². The van der Waals surface area contributed by atoms with E-state index in [1.54, 1.807) is 37.2 Å². The van der Waals surface area contributed by atoms with E-state index in [1.165, 1.54) is 6.08 Å². The molecule has 0 saturated heterocycles. The van der Waals surface area contributed by atoms with Gasteiger partial charge in [0.05, 0.1) is 7.11 Å². The summed E-state index contributed by atoms with van der Waals surface area (Å²) in [5.41, 5.74) is 2.32. The third-order valence-corrected chi connectivity index (χ3v) is 4.49. The normalized spacial score (nSPS) is 10.9. The fourth-order valence-corrected chi connectivity index (χ4v) is 2.98. The minimum Gasteiger partial charge on any atom is -0.496 e. The average molecular weight is 427 g/mol. The molecular formula is C21H19BrN2O3. The predicted molar refractivity (Wildman–Crippen MR) is 108 cm³/mol. The number of carbonyl (C=O) groups excluding carboxylic acids is 1. The van der Waals surface area contributed by atoms with Gasteiger partial charge >= 0.3 is 0 Å². The second-order valence-corrected chi connectivity index (χ2v) is 6.77. The maximum absolute atomic E-state index is 12.2. The largest absolute Gasteiger partial charge is 0.496 e.